The highest BCUT2D eigenvalue weighted by Crippen LogP contribution is 2.31. The number of hydrogen-bond acceptors (Lipinski definition) is 5. The van der Waals surface area contributed by atoms with E-state index in [-0.39, 0.29) is 12.1 Å². The van der Waals surface area contributed by atoms with E-state index in [4.69, 9.17) is 13.3 Å². The predicted molar refractivity (Wildman–Crippen MR) is 105 cm³/mol. The maximum absolute atomic E-state index is 10.4. The number of aliphatic hydroxyl groups is 1. The van der Waals surface area contributed by atoms with Gasteiger partial charge >= 0.3 is 8.80 Å². The Morgan fingerprint density at radius 2 is 1.80 bits per heavy atom. The van der Waals surface area contributed by atoms with Crippen LogP contribution in [0.5, 0.6) is 0 Å². The Bertz CT molecular complexity index is 333. The van der Waals surface area contributed by atoms with Gasteiger partial charge in [0.05, 0.1) is 6.10 Å². The molecule has 150 valence electrons. The van der Waals surface area contributed by atoms with E-state index in [1.54, 1.807) is 21.3 Å². The summed E-state index contributed by atoms with van der Waals surface area (Å²) in [6, 6.07) is 1.07. The lowest BCUT2D eigenvalue weighted by Crippen LogP contribution is -2.47. The molecule has 0 heterocycles. The van der Waals surface area contributed by atoms with Gasteiger partial charge in [-0.1, -0.05) is 33.1 Å². The van der Waals surface area contributed by atoms with Gasteiger partial charge in [0.25, 0.3) is 0 Å². The van der Waals surface area contributed by atoms with E-state index < -0.39 is 8.80 Å². The molecule has 0 aromatic rings. The van der Waals surface area contributed by atoms with Gasteiger partial charge in [-0.25, -0.2) is 0 Å². The highest BCUT2D eigenvalue weighted by molar-refractivity contribution is 6.60. The van der Waals surface area contributed by atoms with Crippen LogP contribution in [-0.4, -0.2) is 53.9 Å². The molecule has 0 saturated heterocycles. The van der Waals surface area contributed by atoms with Crippen molar-refractivity contribution in [3.8, 4) is 0 Å². The van der Waals surface area contributed by atoms with Crippen molar-refractivity contribution in [2.24, 2.45) is 11.8 Å². The van der Waals surface area contributed by atoms with Gasteiger partial charge < -0.3 is 23.7 Å². The summed E-state index contributed by atoms with van der Waals surface area (Å²) in [6.45, 7) is 5.55. The lowest BCUT2D eigenvalue weighted by Gasteiger charge is -2.36. The summed E-state index contributed by atoms with van der Waals surface area (Å²) in [5.74, 6) is 1.33. The quantitative estimate of drug-likeness (QED) is 0.482. The Morgan fingerprint density at radius 3 is 2.36 bits per heavy atom. The lowest BCUT2D eigenvalue weighted by atomic mass is 9.82. The fourth-order valence-electron chi connectivity index (χ4n) is 3.92. The summed E-state index contributed by atoms with van der Waals surface area (Å²) in [4.78, 5) is 0. The van der Waals surface area contributed by atoms with Gasteiger partial charge in [0.15, 0.2) is 0 Å². The Morgan fingerprint density at radius 1 is 1.12 bits per heavy atom. The minimum atomic E-state index is -2.48. The summed E-state index contributed by atoms with van der Waals surface area (Å²) in [5.41, 5.74) is 0. The van der Waals surface area contributed by atoms with Gasteiger partial charge in [-0.05, 0) is 50.5 Å². The maximum atomic E-state index is 10.4. The van der Waals surface area contributed by atoms with E-state index in [1.807, 2.05) is 0 Å². The molecule has 6 heteroatoms. The molecule has 5 nitrogen and oxygen atoms in total. The molecule has 0 aromatic carbocycles. The zero-order chi connectivity index (χ0) is 18.7. The van der Waals surface area contributed by atoms with Crippen molar-refractivity contribution < 1.29 is 18.4 Å². The average Bonchev–Trinajstić information content (AvgIpc) is 2.65. The first-order chi connectivity index (χ1) is 12.0. The first-order valence-corrected chi connectivity index (χ1v) is 12.0. The van der Waals surface area contributed by atoms with Gasteiger partial charge in [-0.3, -0.25) is 0 Å². The molecule has 0 radical (unpaired) electrons. The molecule has 4 atom stereocenters. The van der Waals surface area contributed by atoms with Crippen molar-refractivity contribution in [2.45, 2.75) is 83.4 Å². The molecular formula is C19H41NO4Si. The Labute approximate surface area is 156 Å². The van der Waals surface area contributed by atoms with E-state index in [9.17, 15) is 5.11 Å². The van der Waals surface area contributed by atoms with Crippen LogP contribution in [0.3, 0.4) is 0 Å². The molecule has 25 heavy (non-hydrogen) atoms. The standard InChI is InChI=1S/C19H41NO4Si/c1-6-8-9-16(7-2)15-20-18-14-17(10-11-19(18)21)12-13-25(22-3,23-4)24-5/h16-21H,6-15H2,1-5H3. The molecule has 2 N–H and O–H groups in total. The first kappa shape index (κ1) is 23.1. The molecule has 0 bridgehead atoms. The van der Waals surface area contributed by atoms with Crippen LogP contribution >= 0.6 is 0 Å². The van der Waals surface area contributed by atoms with Crippen molar-refractivity contribution in [1.82, 2.24) is 5.32 Å². The third kappa shape index (κ3) is 7.65. The van der Waals surface area contributed by atoms with Crippen LogP contribution in [0.4, 0.5) is 0 Å². The first-order valence-electron chi connectivity index (χ1n) is 10.1. The van der Waals surface area contributed by atoms with Crippen LogP contribution in [0.1, 0.15) is 65.2 Å². The summed E-state index contributed by atoms with van der Waals surface area (Å²) >= 11 is 0. The van der Waals surface area contributed by atoms with Gasteiger partial charge in [0.2, 0.25) is 0 Å². The van der Waals surface area contributed by atoms with Crippen molar-refractivity contribution in [3.63, 3.8) is 0 Å². The monoisotopic (exact) mass is 375 g/mol. The Balaban J connectivity index is 2.45. The minimum absolute atomic E-state index is 0.214. The van der Waals surface area contributed by atoms with E-state index >= 15 is 0 Å². The van der Waals surface area contributed by atoms with Gasteiger partial charge in [-0.2, -0.15) is 0 Å². The maximum Gasteiger partial charge on any atom is 0.500 e. The molecule has 0 spiro atoms. The van der Waals surface area contributed by atoms with E-state index in [0.29, 0.717) is 5.92 Å². The van der Waals surface area contributed by atoms with Gasteiger partial charge in [0, 0.05) is 33.4 Å². The fourth-order valence-corrected chi connectivity index (χ4v) is 5.80. The third-order valence-corrected chi connectivity index (χ3v) is 8.69. The number of aliphatic hydroxyl groups excluding tert-OH is 1. The second-order valence-corrected chi connectivity index (χ2v) is 10.6. The van der Waals surface area contributed by atoms with Crippen molar-refractivity contribution >= 4 is 8.80 Å². The van der Waals surface area contributed by atoms with Gasteiger partial charge in [-0.15, -0.1) is 0 Å². The second kappa shape index (κ2) is 12.4. The SMILES string of the molecule is CCCCC(CC)CNC1CC(CC[Si](OC)(OC)OC)CCC1O. The molecule has 1 rings (SSSR count). The van der Waals surface area contributed by atoms with Crippen molar-refractivity contribution in [2.75, 3.05) is 27.9 Å². The van der Waals surface area contributed by atoms with Crippen LogP contribution in [-0.2, 0) is 13.3 Å². The molecule has 1 saturated carbocycles. The largest absolute Gasteiger partial charge is 0.500 e. The molecule has 1 fully saturated rings. The number of unbranched alkanes of at least 4 members (excludes halogenated alkanes) is 1. The molecule has 0 aromatic heterocycles. The lowest BCUT2D eigenvalue weighted by molar-refractivity contribution is 0.0641. The van der Waals surface area contributed by atoms with Gasteiger partial charge in [0.1, 0.15) is 0 Å². The predicted octanol–water partition coefficient (Wildman–Crippen LogP) is 3.59. The molecule has 4 unspecified atom stereocenters. The number of rotatable bonds is 13. The summed E-state index contributed by atoms with van der Waals surface area (Å²) in [6.07, 6.45) is 8.88. The molecule has 0 amide bonds. The normalized spacial score (nSPS) is 25.9. The van der Waals surface area contributed by atoms with Crippen molar-refractivity contribution in [1.29, 1.82) is 0 Å². The zero-order valence-electron chi connectivity index (χ0n) is 17.1. The summed E-state index contributed by atoms with van der Waals surface area (Å²) in [7, 11) is 2.55. The van der Waals surface area contributed by atoms with E-state index in [1.165, 1.54) is 25.7 Å². The minimum Gasteiger partial charge on any atom is -0.392 e. The Hall–Kier alpha value is 0.0169. The number of nitrogens with one attached hydrogen (secondary N) is 1. The molecular weight excluding hydrogens is 334 g/mol. The van der Waals surface area contributed by atoms with E-state index in [2.05, 4.69) is 19.2 Å². The second-order valence-electron chi connectivity index (χ2n) is 7.51. The molecule has 1 aliphatic carbocycles. The smallest absolute Gasteiger partial charge is 0.392 e. The van der Waals surface area contributed by atoms with Crippen LogP contribution in [0.2, 0.25) is 6.04 Å². The zero-order valence-corrected chi connectivity index (χ0v) is 18.1. The third-order valence-electron chi connectivity index (χ3n) is 5.93. The van der Waals surface area contributed by atoms with Crippen LogP contribution in [0, 0.1) is 11.8 Å². The molecule has 0 aliphatic heterocycles. The van der Waals surface area contributed by atoms with Crippen LogP contribution < -0.4 is 5.32 Å². The summed E-state index contributed by atoms with van der Waals surface area (Å²) < 4.78 is 16.6. The highest BCUT2D eigenvalue weighted by atomic mass is 28.4. The van der Waals surface area contributed by atoms with Crippen LogP contribution in [0.25, 0.3) is 0 Å². The van der Waals surface area contributed by atoms with E-state index in [0.717, 1.165) is 44.2 Å². The summed E-state index contributed by atoms with van der Waals surface area (Å²) in [5, 5.41) is 14.1. The fraction of sp³-hybridized carbons (Fsp3) is 1.00. The molecule has 1 aliphatic rings. The highest BCUT2D eigenvalue weighted by Gasteiger charge is 2.39. The number of hydrogen-bond donors (Lipinski definition) is 2. The average molecular weight is 376 g/mol. The Kier molecular flexibility index (Phi) is 11.4. The van der Waals surface area contributed by atoms with Crippen molar-refractivity contribution in [3.05, 3.63) is 0 Å². The topological polar surface area (TPSA) is 60.0 Å². The van der Waals surface area contributed by atoms with Crippen LogP contribution in [0.15, 0.2) is 0 Å².